The molecule has 0 aliphatic heterocycles. The molecule has 0 amide bonds. The predicted octanol–water partition coefficient (Wildman–Crippen LogP) is 3.64. The number of carbonyl (C=O) groups is 2. The van der Waals surface area contributed by atoms with E-state index >= 15 is 0 Å². The Hall–Kier alpha value is -2.93. The molecule has 8 heteroatoms. The molecule has 23 heavy (non-hydrogen) atoms. The van der Waals surface area contributed by atoms with Crippen LogP contribution in [0.4, 0.5) is 5.69 Å². The third-order valence-electron chi connectivity index (χ3n) is 2.76. The zero-order valence-corrected chi connectivity index (χ0v) is 12.6. The molecule has 0 saturated heterocycles. The van der Waals surface area contributed by atoms with Crippen molar-refractivity contribution in [3.8, 4) is 0 Å². The third-order valence-corrected chi connectivity index (χ3v) is 3.15. The van der Waals surface area contributed by atoms with Crippen LogP contribution in [0.1, 0.15) is 26.3 Å². The molecular weight excluding hydrogens is 326 g/mol. The van der Waals surface area contributed by atoms with Gasteiger partial charge in [0.25, 0.3) is 5.69 Å². The molecule has 120 valence electrons. The lowest BCUT2D eigenvalue weighted by Crippen LogP contribution is -2.06. The summed E-state index contributed by atoms with van der Waals surface area (Å²) in [6.45, 7) is 1.56. The molecular formula is C15H12ClNO6. The number of nitro benzene ring substituents is 1. The zero-order valence-electron chi connectivity index (χ0n) is 11.9. The molecule has 0 fully saturated rings. The van der Waals surface area contributed by atoms with Crippen molar-refractivity contribution in [3.05, 3.63) is 74.3 Å². The molecule has 0 unspecified atom stereocenters. The van der Waals surface area contributed by atoms with Crippen LogP contribution in [0, 0.1) is 17.0 Å². The summed E-state index contributed by atoms with van der Waals surface area (Å²) in [5, 5.41) is 27.2. The Morgan fingerprint density at radius 1 is 1.04 bits per heavy atom. The monoisotopic (exact) mass is 337 g/mol. The van der Waals surface area contributed by atoms with Crippen molar-refractivity contribution in [2.75, 3.05) is 0 Å². The van der Waals surface area contributed by atoms with Gasteiger partial charge in [0.15, 0.2) is 0 Å². The van der Waals surface area contributed by atoms with E-state index in [1.807, 2.05) is 0 Å². The summed E-state index contributed by atoms with van der Waals surface area (Å²) in [5.41, 5.74) is 0.214. The lowest BCUT2D eigenvalue weighted by atomic mass is 10.1. The Morgan fingerprint density at radius 2 is 1.61 bits per heavy atom. The molecule has 0 bridgehead atoms. The van der Waals surface area contributed by atoms with Gasteiger partial charge in [0.1, 0.15) is 0 Å². The number of hydrogen-bond acceptors (Lipinski definition) is 4. The van der Waals surface area contributed by atoms with Crippen molar-refractivity contribution in [3.63, 3.8) is 0 Å². The van der Waals surface area contributed by atoms with E-state index in [1.54, 1.807) is 25.1 Å². The summed E-state index contributed by atoms with van der Waals surface area (Å²) in [7, 11) is 0. The standard InChI is InChI=1S/C9H7ClO4.C6H5NO2/c1-4-2-3-5(8(11)12)7(10)6(4)9(13)14;8-7(9)6-4-2-1-3-5-6/h2-3H,1H3,(H,11,12)(H,13,14);1-5H. The highest BCUT2D eigenvalue weighted by atomic mass is 35.5. The highest BCUT2D eigenvalue weighted by molar-refractivity contribution is 6.36. The van der Waals surface area contributed by atoms with Crippen molar-refractivity contribution >= 4 is 29.2 Å². The van der Waals surface area contributed by atoms with Crippen LogP contribution in [0.3, 0.4) is 0 Å². The third kappa shape index (κ3) is 4.79. The number of rotatable bonds is 3. The van der Waals surface area contributed by atoms with E-state index in [1.165, 1.54) is 24.3 Å². The highest BCUT2D eigenvalue weighted by Gasteiger charge is 2.18. The van der Waals surface area contributed by atoms with Gasteiger partial charge in [0.05, 0.1) is 21.1 Å². The smallest absolute Gasteiger partial charge is 0.337 e. The number of halogens is 1. The minimum absolute atomic E-state index is 0.137. The van der Waals surface area contributed by atoms with Crippen molar-refractivity contribution in [1.29, 1.82) is 0 Å². The molecule has 2 aromatic carbocycles. The van der Waals surface area contributed by atoms with Crippen molar-refractivity contribution < 1.29 is 24.7 Å². The molecule has 2 N–H and O–H groups in total. The summed E-state index contributed by atoms with van der Waals surface area (Å²) in [6, 6.07) is 10.6. The SMILES string of the molecule is Cc1ccc(C(=O)O)c(Cl)c1C(=O)O.O=[N+]([O-])c1ccccc1. The average Bonchev–Trinajstić information content (AvgIpc) is 2.48. The Labute approximate surface area is 135 Å². The average molecular weight is 338 g/mol. The quantitative estimate of drug-likeness (QED) is 0.652. The molecule has 0 atom stereocenters. The van der Waals surface area contributed by atoms with Gasteiger partial charge in [0, 0.05) is 12.1 Å². The van der Waals surface area contributed by atoms with Crippen LogP contribution in [-0.4, -0.2) is 27.1 Å². The van der Waals surface area contributed by atoms with Gasteiger partial charge in [-0.2, -0.15) is 0 Å². The number of para-hydroxylation sites is 1. The van der Waals surface area contributed by atoms with Crippen LogP contribution in [-0.2, 0) is 0 Å². The molecule has 0 saturated carbocycles. The van der Waals surface area contributed by atoms with E-state index in [-0.39, 0.29) is 21.8 Å². The van der Waals surface area contributed by atoms with Crippen LogP contribution in [0.2, 0.25) is 5.02 Å². The number of nitro groups is 1. The van der Waals surface area contributed by atoms with Gasteiger partial charge in [-0.25, -0.2) is 9.59 Å². The number of benzene rings is 2. The number of hydrogen-bond donors (Lipinski definition) is 2. The fraction of sp³-hybridized carbons (Fsp3) is 0.0667. The second-order valence-electron chi connectivity index (χ2n) is 4.32. The largest absolute Gasteiger partial charge is 0.478 e. The van der Waals surface area contributed by atoms with Gasteiger partial charge in [-0.1, -0.05) is 35.9 Å². The molecule has 2 aromatic rings. The Kier molecular flexibility index (Phi) is 6.23. The molecule has 0 spiro atoms. The fourth-order valence-corrected chi connectivity index (χ4v) is 2.02. The zero-order chi connectivity index (χ0) is 17.6. The normalized spacial score (nSPS) is 9.48. The first-order chi connectivity index (χ1) is 10.8. The summed E-state index contributed by atoms with van der Waals surface area (Å²) in [6.07, 6.45) is 0. The first-order valence-electron chi connectivity index (χ1n) is 6.20. The van der Waals surface area contributed by atoms with Gasteiger partial charge >= 0.3 is 11.9 Å². The van der Waals surface area contributed by atoms with Crippen LogP contribution < -0.4 is 0 Å². The lowest BCUT2D eigenvalue weighted by Gasteiger charge is -2.05. The van der Waals surface area contributed by atoms with E-state index < -0.39 is 16.9 Å². The van der Waals surface area contributed by atoms with Crippen molar-refractivity contribution in [2.24, 2.45) is 0 Å². The number of carboxylic acid groups (broad SMARTS) is 2. The molecule has 0 aromatic heterocycles. The van der Waals surface area contributed by atoms with Gasteiger partial charge in [-0.15, -0.1) is 0 Å². The van der Waals surface area contributed by atoms with Gasteiger partial charge in [-0.3, -0.25) is 10.1 Å². The van der Waals surface area contributed by atoms with Crippen LogP contribution in [0.25, 0.3) is 0 Å². The van der Waals surface area contributed by atoms with Crippen LogP contribution in [0.15, 0.2) is 42.5 Å². The van der Waals surface area contributed by atoms with E-state index in [2.05, 4.69) is 0 Å². The van der Waals surface area contributed by atoms with Crippen molar-refractivity contribution in [1.82, 2.24) is 0 Å². The molecule has 0 aliphatic carbocycles. The maximum Gasteiger partial charge on any atom is 0.337 e. The number of aromatic carboxylic acids is 2. The minimum Gasteiger partial charge on any atom is -0.478 e. The molecule has 0 aliphatic rings. The fourth-order valence-electron chi connectivity index (χ4n) is 1.65. The Balaban J connectivity index is 0.000000253. The van der Waals surface area contributed by atoms with Crippen molar-refractivity contribution in [2.45, 2.75) is 6.92 Å². The maximum atomic E-state index is 10.7. The number of nitrogens with zero attached hydrogens (tertiary/aromatic N) is 1. The lowest BCUT2D eigenvalue weighted by molar-refractivity contribution is -0.384. The highest BCUT2D eigenvalue weighted by Crippen LogP contribution is 2.24. The van der Waals surface area contributed by atoms with E-state index in [9.17, 15) is 19.7 Å². The van der Waals surface area contributed by atoms with E-state index in [0.717, 1.165) is 0 Å². The summed E-state index contributed by atoms with van der Waals surface area (Å²) < 4.78 is 0. The Morgan fingerprint density at radius 3 is 2.00 bits per heavy atom. The van der Waals surface area contributed by atoms with E-state index in [4.69, 9.17) is 21.8 Å². The Bertz CT molecular complexity index is 745. The summed E-state index contributed by atoms with van der Waals surface area (Å²) in [4.78, 5) is 31.0. The van der Waals surface area contributed by atoms with Gasteiger partial charge in [0.2, 0.25) is 0 Å². The maximum absolute atomic E-state index is 10.7. The summed E-state index contributed by atoms with van der Waals surface area (Å²) in [5.74, 6) is -2.46. The van der Waals surface area contributed by atoms with Crippen LogP contribution in [0.5, 0.6) is 0 Å². The summed E-state index contributed by atoms with van der Waals surface area (Å²) >= 11 is 5.64. The molecule has 2 rings (SSSR count). The molecule has 0 heterocycles. The van der Waals surface area contributed by atoms with Crippen LogP contribution >= 0.6 is 11.6 Å². The first-order valence-corrected chi connectivity index (χ1v) is 6.58. The number of non-ortho nitro benzene ring substituents is 1. The number of carboxylic acids is 2. The minimum atomic E-state index is -1.24. The first kappa shape index (κ1) is 18.1. The van der Waals surface area contributed by atoms with Gasteiger partial charge < -0.3 is 10.2 Å². The second-order valence-corrected chi connectivity index (χ2v) is 4.70. The van der Waals surface area contributed by atoms with Gasteiger partial charge in [-0.05, 0) is 18.6 Å². The molecule has 0 radical (unpaired) electrons. The topological polar surface area (TPSA) is 118 Å². The predicted molar refractivity (Wildman–Crippen MR) is 83.2 cm³/mol. The molecule has 7 nitrogen and oxygen atoms in total. The number of aryl methyl sites for hydroxylation is 1. The van der Waals surface area contributed by atoms with E-state index in [0.29, 0.717) is 5.56 Å². The second kappa shape index (κ2) is 7.90.